The van der Waals surface area contributed by atoms with Gasteiger partial charge in [0.15, 0.2) is 0 Å². The van der Waals surface area contributed by atoms with Crippen LogP contribution in [0.3, 0.4) is 0 Å². The van der Waals surface area contributed by atoms with E-state index in [1.807, 2.05) is 32.1 Å². The molecule has 0 unspecified atom stereocenters. The van der Waals surface area contributed by atoms with E-state index in [2.05, 4.69) is 10.3 Å². The molecule has 2 rings (SSSR count). The van der Waals surface area contributed by atoms with Crippen LogP contribution in [-0.4, -0.2) is 5.66 Å². The van der Waals surface area contributed by atoms with Gasteiger partial charge in [0, 0.05) is 5.22 Å². The highest BCUT2D eigenvalue weighted by atomic mass is 15.2. The maximum Gasteiger partial charge on any atom is 0.136 e. The average Bonchev–Trinajstić information content (AvgIpc) is 2.53. The minimum Gasteiger partial charge on any atom is -0.360 e. The van der Waals surface area contributed by atoms with Crippen LogP contribution in [0.25, 0.3) is 5.57 Å². The first-order valence-corrected chi connectivity index (χ1v) is 4.88. The molecule has 0 bridgehead atoms. The molecule has 16 heavy (non-hydrogen) atoms. The largest absolute Gasteiger partial charge is 0.360 e. The Hall–Kier alpha value is -2.33. The van der Waals surface area contributed by atoms with Crippen molar-refractivity contribution in [3.8, 4) is 12.1 Å². The lowest BCUT2D eigenvalue weighted by Crippen LogP contribution is -2.24. The highest BCUT2D eigenvalue weighted by molar-refractivity contribution is 5.73. The summed E-state index contributed by atoms with van der Waals surface area (Å²) < 4.78 is 0. The normalized spacial score (nSPS) is 15.0. The van der Waals surface area contributed by atoms with Gasteiger partial charge in [0.2, 0.25) is 0 Å². The number of anilines is 1. The van der Waals surface area contributed by atoms with Crippen LogP contribution in [0, 0.1) is 22.7 Å². The molecule has 4 heteroatoms. The van der Waals surface area contributed by atoms with Gasteiger partial charge in [-0.3, -0.25) is 4.99 Å². The number of nitrogens with zero attached hydrogens (tertiary/aromatic N) is 3. The van der Waals surface area contributed by atoms with Gasteiger partial charge in [-0.2, -0.15) is 10.5 Å². The van der Waals surface area contributed by atoms with E-state index in [4.69, 9.17) is 10.5 Å². The molecule has 0 saturated heterocycles. The third-order valence-electron chi connectivity index (χ3n) is 2.35. The Bertz CT molecular complexity index is 625. The van der Waals surface area contributed by atoms with Gasteiger partial charge in [-0.05, 0) is 26.0 Å². The zero-order valence-corrected chi connectivity index (χ0v) is 9.07. The van der Waals surface area contributed by atoms with Crippen molar-refractivity contribution >= 4 is 11.3 Å². The highest BCUT2D eigenvalue weighted by Crippen LogP contribution is 2.16. The third kappa shape index (κ3) is 1.62. The van der Waals surface area contributed by atoms with Crippen LogP contribution < -0.4 is 15.9 Å². The van der Waals surface area contributed by atoms with Crippen molar-refractivity contribution < 1.29 is 0 Å². The van der Waals surface area contributed by atoms with Crippen LogP contribution in [0.5, 0.6) is 0 Å². The molecular weight excluding hydrogens is 200 g/mol. The first kappa shape index (κ1) is 10.2. The number of hydrogen-bond acceptors (Lipinski definition) is 4. The maximum absolute atomic E-state index is 8.78. The Morgan fingerprint density at radius 2 is 2.00 bits per heavy atom. The maximum atomic E-state index is 8.78. The molecule has 0 aromatic heterocycles. The molecule has 0 fully saturated rings. The lowest BCUT2D eigenvalue weighted by Gasteiger charge is -2.15. The van der Waals surface area contributed by atoms with Gasteiger partial charge in [0.05, 0.1) is 11.0 Å². The Balaban J connectivity index is 2.67. The zero-order chi connectivity index (χ0) is 11.8. The molecule has 1 aromatic carbocycles. The monoisotopic (exact) mass is 210 g/mol. The van der Waals surface area contributed by atoms with Crippen LogP contribution >= 0.6 is 0 Å². The second-order valence-corrected chi connectivity index (χ2v) is 4.13. The zero-order valence-electron chi connectivity index (χ0n) is 9.07. The van der Waals surface area contributed by atoms with Gasteiger partial charge in [-0.15, -0.1) is 0 Å². The summed E-state index contributed by atoms with van der Waals surface area (Å²) in [5.74, 6) is 0. The molecule has 0 amide bonds. The quantitative estimate of drug-likeness (QED) is 0.684. The molecule has 1 aliphatic heterocycles. The van der Waals surface area contributed by atoms with E-state index in [-0.39, 0.29) is 11.2 Å². The van der Waals surface area contributed by atoms with Gasteiger partial charge in [-0.1, -0.05) is 6.07 Å². The molecule has 0 atom stereocenters. The van der Waals surface area contributed by atoms with Gasteiger partial charge in [0.1, 0.15) is 23.4 Å². The molecule has 4 nitrogen and oxygen atoms in total. The highest BCUT2D eigenvalue weighted by Gasteiger charge is 2.21. The van der Waals surface area contributed by atoms with E-state index in [0.717, 1.165) is 11.0 Å². The van der Waals surface area contributed by atoms with E-state index in [0.29, 0.717) is 5.22 Å². The number of rotatable bonds is 0. The van der Waals surface area contributed by atoms with Crippen LogP contribution in [0.2, 0.25) is 0 Å². The Labute approximate surface area is 93.2 Å². The van der Waals surface area contributed by atoms with E-state index in [9.17, 15) is 0 Å². The minimum absolute atomic E-state index is 0.120. The molecule has 1 aliphatic rings. The fourth-order valence-corrected chi connectivity index (χ4v) is 1.70. The molecule has 1 aromatic rings. The van der Waals surface area contributed by atoms with Crippen LogP contribution in [0.15, 0.2) is 23.2 Å². The van der Waals surface area contributed by atoms with E-state index in [1.165, 1.54) is 0 Å². The van der Waals surface area contributed by atoms with Crippen molar-refractivity contribution in [2.24, 2.45) is 4.99 Å². The van der Waals surface area contributed by atoms with Gasteiger partial charge < -0.3 is 5.32 Å². The Kier molecular flexibility index (Phi) is 2.14. The van der Waals surface area contributed by atoms with Crippen molar-refractivity contribution in [1.29, 1.82) is 10.5 Å². The number of fused-ring (bicyclic) bond motifs is 1. The Morgan fingerprint density at radius 1 is 1.31 bits per heavy atom. The third-order valence-corrected chi connectivity index (χ3v) is 2.35. The average molecular weight is 210 g/mol. The molecule has 0 aliphatic carbocycles. The van der Waals surface area contributed by atoms with Gasteiger partial charge >= 0.3 is 0 Å². The molecule has 0 spiro atoms. The second kappa shape index (κ2) is 3.36. The van der Waals surface area contributed by atoms with Crippen LogP contribution in [0.4, 0.5) is 5.69 Å². The van der Waals surface area contributed by atoms with Gasteiger partial charge in [-0.25, -0.2) is 0 Å². The van der Waals surface area contributed by atoms with E-state index in [1.54, 1.807) is 12.1 Å². The molecule has 0 radical (unpaired) electrons. The molecular formula is C12H10N4. The lowest BCUT2D eigenvalue weighted by molar-refractivity contribution is 0.608. The Morgan fingerprint density at radius 3 is 2.62 bits per heavy atom. The summed E-state index contributed by atoms with van der Waals surface area (Å²) in [5.41, 5.74) is 0.667. The van der Waals surface area contributed by atoms with Crippen LogP contribution in [-0.2, 0) is 0 Å². The lowest BCUT2D eigenvalue weighted by atomic mass is 10.2. The summed E-state index contributed by atoms with van der Waals surface area (Å²) in [5, 5.41) is 22.3. The summed E-state index contributed by atoms with van der Waals surface area (Å²) in [4.78, 5) is 4.45. The number of nitriles is 2. The summed E-state index contributed by atoms with van der Waals surface area (Å²) in [7, 11) is 0. The van der Waals surface area contributed by atoms with Gasteiger partial charge in [0.25, 0.3) is 0 Å². The molecule has 1 N–H and O–H groups in total. The number of benzene rings is 1. The standard InChI is InChI=1S/C12H10N4/c1-12(2)15-10-4-3-8(5-11(10)16-12)9(6-13)7-14/h3-5,16H,1-2H3. The van der Waals surface area contributed by atoms with E-state index >= 15 is 0 Å². The van der Waals surface area contributed by atoms with Crippen molar-refractivity contribution in [3.63, 3.8) is 0 Å². The summed E-state index contributed by atoms with van der Waals surface area (Å²) in [6, 6.07) is 9.11. The molecule has 78 valence electrons. The SMILES string of the molecule is CC1(C)N=c2ccc(=C(C#N)C#N)cc2N1. The summed E-state index contributed by atoms with van der Waals surface area (Å²) >= 11 is 0. The van der Waals surface area contributed by atoms with E-state index < -0.39 is 0 Å². The fraction of sp³-hybridized carbons (Fsp3) is 0.250. The predicted molar refractivity (Wildman–Crippen MR) is 59.6 cm³/mol. The number of nitrogens with one attached hydrogen (secondary N) is 1. The van der Waals surface area contributed by atoms with Crippen molar-refractivity contribution in [3.05, 3.63) is 28.8 Å². The summed E-state index contributed by atoms with van der Waals surface area (Å²) in [6.45, 7) is 3.93. The van der Waals surface area contributed by atoms with Crippen LogP contribution in [0.1, 0.15) is 13.8 Å². The predicted octanol–water partition coefficient (Wildman–Crippen LogP) is 0.666. The number of hydrogen-bond donors (Lipinski definition) is 1. The van der Waals surface area contributed by atoms with Crippen molar-refractivity contribution in [1.82, 2.24) is 0 Å². The second-order valence-electron chi connectivity index (χ2n) is 4.13. The smallest absolute Gasteiger partial charge is 0.136 e. The fourth-order valence-electron chi connectivity index (χ4n) is 1.70. The first-order valence-electron chi connectivity index (χ1n) is 4.88. The minimum atomic E-state index is -0.319. The first-order chi connectivity index (χ1) is 7.55. The molecule has 0 saturated carbocycles. The summed E-state index contributed by atoms with van der Waals surface area (Å²) in [6.07, 6.45) is 0. The molecule has 1 heterocycles. The van der Waals surface area contributed by atoms with Crippen molar-refractivity contribution in [2.75, 3.05) is 5.32 Å². The van der Waals surface area contributed by atoms with Crippen molar-refractivity contribution in [2.45, 2.75) is 19.5 Å². The topological polar surface area (TPSA) is 72.0 Å².